The van der Waals surface area contributed by atoms with Gasteiger partial charge in [0.15, 0.2) is 0 Å². The first-order chi connectivity index (χ1) is 8.99. The third kappa shape index (κ3) is 3.30. The minimum Gasteiger partial charge on any atom is -0.388 e. The number of rotatable bonds is 3. The van der Waals surface area contributed by atoms with Gasteiger partial charge < -0.3 is 5.11 Å². The van der Waals surface area contributed by atoms with E-state index in [1.54, 1.807) is 18.2 Å². The molecule has 0 aliphatic carbocycles. The van der Waals surface area contributed by atoms with E-state index in [-0.39, 0.29) is 0 Å². The van der Waals surface area contributed by atoms with Crippen LogP contribution in [-0.4, -0.2) is 5.11 Å². The van der Waals surface area contributed by atoms with Crippen LogP contribution >= 0.6 is 23.2 Å². The Labute approximate surface area is 123 Å². The third-order valence-corrected chi connectivity index (χ3v) is 4.03. The highest BCUT2D eigenvalue weighted by Gasteiger charge is 2.14. The molecule has 0 aliphatic heterocycles. The molecule has 0 radical (unpaired) electrons. The molecule has 0 heterocycles. The maximum atomic E-state index is 10.4. The van der Waals surface area contributed by atoms with Gasteiger partial charge in [0.25, 0.3) is 0 Å². The summed E-state index contributed by atoms with van der Waals surface area (Å²) in [6, 6.07) is 11.3. The second kappa shape index (κ2) is 5.96. The minimum absolute atomic E-state index is 0.462. The smallest absolute Gasteiger partial charge is 0.0833 e. The predicted octanol–water partition coefficient (Wildman–Crippen LogP) is 4.89. The van der Waals surface area contributed by atoms with Gasteiger partial charge >= 0.3 is 0 Å². The molecule has 0 saturated carbocycles. The lowest BCUT2D eigenvalue weighted by Gasteiger charge is -2.16. The van der Waals surface area contributed by atoms with Gasteiger partial charge in [0, 0.05) is 16.5 Å². The molecule has 1 atom stereocenters. The van der Waals surface area contributed by atoms with Gasteiger partial charge in [-0.25, -0.2) is 0 Å². The summed E-state index contributed by atoms with van der Waals surface area (Å²) in [5, 5.41) is 11.7. The molecule has 1 nitrogen and oxygen atoms in total. The summed E-state index contributed by atoms with van der Waals surface area (Å²) in [4.78, 5) is 0. The van der Waals surface area contributed by atoms with Crippen LogP contribution in [0.2, 0.25) is 10.0 Å². The minimum atomic E-state index is -0.573. The van der Waals surface area contributed by atoms with Crippen molar-refractivity contribution in [3.05, 3.63) is 68.7 Å². The lowest BCUT2D eigenvalue weighted by Crippen LogP contribution is -2.05. The standard InChI is InChI=1S/C16H16Cl2O/c1-10-4-3-5-14(11(10)2)16(19)9-12-8-13(17)6-7-15(12)18/h3-8,16,19H,9H2,1-2H3. The molecule has 19 heavy (non-hydrogen) atoms. The van der Waals surface area contributed by atoms with Gasteiger partial charge in [-0.2, -0.15) is 0 Å². The van der Waals surface area contributed by atoms with E-state index in [1.165, 1.54) is 5.56 Å². The Hall–Kier alpha value is -1.02. The molecule has 0 fully saturated rings. The van der Waals surface area contributed by atoms with E-state index in [0.29, 0.717) is 16.5 Å². The van der Waals surface area contributed by atoms with Crippen molar-refractivity contribution in [1.29, 1.82) is 0 Å². The molecule has 2 aromatic rings. The van der Waals surface area contributed by atoms with Crippen LogP contribution in [-0.2, 0) is 6.42 Å². The van der Waals surface area contributed by atoms with Gasteiger partial charge in [-0.15, -0.1) is 0 Å². The van der Waals surface area contributed by atoms with E-state index in [4.69, 9.17) is 23.2 Å². The summed E-state index contributed by atoms with van der Waals surface area (Å²) in [6.07, 6.45) is -0.111. The summed E-state index contributed by atoms with van der Waals surface area (Å²) in [5.74, 6) is 0. The molecule has 0 aliphatic rings. The second-order valence-corrected chi connectivity index (χ2v) is 5.59. The quantitative estimate of drug-likeness (QED) is 0.855. The second-order valence-electron chi connectivity index (χ2n) is 4.74. The SMILES string of the molecule is Cc1cccc(C(O)Cc2cc(Cl)ccc2Cl)c1C. The number of aliphatic hydroxyl groups is 1. The van der Waals surface area contributed by atoms with Crippen LogP contribution in [0.5, 0.6) is 0 Å². The fourth-order valence-corrected chi connectivity index (χ4v) is 2.54. The molecular formula is C16H16Cl2O. The lowest BCUT2D eigenvalue weighted by molar-refractivity contribution is 0.177. The molecule has 0 spiro atoms. The zero-order valence-corrected chi connectivity index (χ0v) is 12.5. The van der Waals surface area contributed by atoms with Crippen molar-refractivity contribution in [1.82, 2.24) is 0 Å². The molecule has 100 valence electrons. The van der Waals surface area contributed by atoms with Crippen LogP contribution in [0.4, 0.5) is 0 Å². The average molecular weight is 295 g/mol. The average Bonchev–Trinajstić information content (AvgIpc) is 2.37. The van der Waals surface area contributed by atoms with Gasteiger partial charge in [-0.05, 0) is 54.3 Å². The van der Waals surface area contributed by atoms with Crippen LogP contribution in [0, 0.1) is 13.8 Å². The number of aryl methyl sites for hydroxylation is 1. The first kappa shape index (κ1) is 14.4. The van der Waals surface area contributed by atoms with Crippen LogP contribution < -0.4 is 0 Å². The Morgan fingerprint density at radius 3 is 2.58 bits per heavy atom. The summed E-state index contributed by atoms with van der Waals surface area (Å²) < 4.78 is 0. The summed E-state index contributed by atoms with van der Waals surface area (Å²) in [5.41, 5.74) is 4.10. The van der Waals surface area contributed by atoms with E-state index in [2.05, 4.69) is 0 Å². The van der Waals surface area contributed by atoms with E-state index in [9.17, 15) is 5.11 Å². The molecular weight excluding hydrogens is 279 g/mol. The van der Waals surface area contributed by atoms with Crippen molar-refractivity contribution in [2.75, 3.05) is 0 Å². The topological polar surface area (TPSA) is 20.2 Å². The van der Waals surface area contributed by atoms with Crippen molar-refractivity contribution in [2.45, 2.75) is 26.4 Å². The van der Waals surface area contributed by atoms with E-state index >= 15 is 0 Å². The molecule has 0 saturated heterocycles. The fraction of sp³-hybridized carbons (Fsp3) is 0.250. The maximum Gasteiger partial charge on any atom is 0.0833 e. The van der Waals surface area contributed by atoms with Crippen LogP contribution in [0.25, 0.3) is 0 Å². The van der Waals surface area contributed by atoms with Crippen molar-refractivity contribution < 1.29 is 5.11 Å². The molecule has 2 aromatic carbocycles. The maximum absolute atomic E-state index is 10.4. The number of hydrogen-bond donors (Lipinski definition) is 1. The number of hydrogen-bond acceptors (Lipinski definition) is 1. The molecule has 1 N–H and O–H groups in total. The lowest BCUT2D eigenvalue weighted by atomic mass is 9.95. The highest BCUT2D eigenvalue weighted by atomic mass is 35.5. The number of aliphatic hydroxyl groups excluding tert-OH is 1. The molecule has 2 rings (SSSR count). The summed E-state index contributed by atoms with van der Waals surface area (Å²) in [6.45, 7) is 4.06. The van der Waals surface area contributed by atoms with Gasteiger partial charge in [0.05, 0.1) is 6.10 Å². The van der Waals surface area contributed by atoms with Gasteiger partial charge in [0.2, 0.25) is 0 Å². The Kier molecular flexibility index (Phi) is 4.51. The van der Waals surface area contributed by atoms with E-state index in [1.807, 2.05) is 32.0 Å². The Bertz CT molecular complexity index is 593. The Morgan fingerprint density at radius 1 is 1.11 bits per heavy atom. The third-order valence-electron chi connectivity index (χ3n) is 3.43. The first-order valence-electron chi connectivity index (χ1n) is 6.17. The van der Waals surface area contributed by atoms with E-state index in [0.717, 1.165) is 16.7 Å². The van der Waals surface area contributed by atoms with Gasteiger partial charge in [0.1, 0.15) is 0 Å². The highest BCUT2D eigenvalue weighted by molar-refractivity contribution is 6.33. The van der Waals surface area contributed by atoms with Gasteiger partial charge in [-0.3, -0.25) is 0 Å². The molecule has 0 bridgehead atoms. The van der Waals surface area contributed by atoms with E-state index < -0.39 is 6.10 Å². The Morgan fingerprint density at radius 2 is 1.84 bits per heavy atom. The molecule has 1 unspecified atom stereocenters. The molecule has 0 aromatic heterocycles. The fourth-order valence-electron chi connectivity index (χ4n) is 2.15. The summed E-state index contributed by atoms with van der Waals surface area (Å²) in [7, 11) is 0. The molecule has 0 amide bonds. The van der Waals surface area contributed by atoms with Crippen molar-refractivity contribution in [3.63, 3.8) is 0 Å². The monoisotopic (exact) mass is 294 g/mol. The zero-order valence-electron chi connectivity index (χ0n) is 11.0. The normalized spacial score (nSPS) is 12.5. The zero-order chi connectivity index (χ0) is 14.0. The summed E-state index contributed by atoms with van der Waals surface area (Å²) >= 11 is 12.1. The predicted molar refractivity (Wildman–Crippen MR) is 81.0 cm³/mol. The Balaban J connectivity index is 2.28. The van der Waals surface area contributed by atoms with Crippen LogP contribution in [0.3, 0.4) is 0 Å². The van der Waals surface area contributed by atoms with Gasteiger partial charge in [-0.1, -0.05) is 41.4 Å². The largest absolute Gasteiger partial charge is 0.388 e. The number of halogens is 2. The first-order valence-corrected chi connectivity index (χ1v) is 6.92. The highest BCUT2D eigenvalue weighted by Crippen LogP contribution is 2.28. The van der Waals surface area contributed by atoms with Crippen LogP contribution in [0.15, 0.2) is 36.4 Å². The van der Waals surface area contributed by atoms with Crippen molar-refractivity contribution in [3.8, 4) is 0 Å². The van der Waals surface area contributed by atoms with Crippen LogP contribution in [0.1, 0.15) is 28.4 Å². The van der Waals surface area contributed by atoms with Crippen molar-refractivity contribution in [2.24, 2.45) is 0 Å². The number of benzene rings is 2. The molecule has 3 heteroatoms. The van der Waals surface area contributed by atoms with Crippen molar-refractivity contribution >= 4 is 23.2 Å².